The van der Waals surface area contributed by atoms with Crippen molar-refractivity contribution in [2.24, 2.45) is 0 Å². The summed E-state index contributed by atoms with van der Waals surface area (Å²) in [5, 5.41) is 0. The van der Waals surface area contributed by atoms with Gasteiger partial charge in [0.1, 0.15) is 5.75 Å². The minimum Gasteiger partial charge on any atom is -0.494 e. The maximum Gasteiger partial charge on any atom is 0.167 e. The number of carbonyl (C=O) groups is 1. The zero-order valence-corrected chi connectivity index (χ0v) is 10.4. The van der Waals surface area contributed by atoms with Crippen LogP contribution in [0.4, 0.5) is 0 Å². The van der Waals surface area contributed by atoms with Gasteiger partial charge in [-0.25, -0.2) is 0 Å². The number of benzene rings is 2. The van der Waals surface area contributed by atoms with Crippen LogP contribution >= 0.6 is 0 Å². The maximum atomic E-state index is 12.0. The first kappa shape index (κ1) is 12.4. The number of ketones is 1. The Kier molecular flexibility index (Phi) is 4.13. The highest BCUT2D eigenvalue weighted by Gasteiger charge is 2.06. The maximum absolute atomic E-state index is 12.0. The summed E-state index contributed by atoms with van der Waals surface area (Å²) in [7, 11) is 0. The highest BCUT2D eigenvalue weighted by Crippen LogP contribution is 2.14. The lowest BCUT2D eigenvalue weighted by Gasteiger charge is -2.04. The Morgan fingerprint density at radius 1 is 1.00 bits per heavy atom. The molecule has 0 radical (unpaired) electrons. The fourth-order valence-electron chi connectivity index (χ4n) is 1.78. The van der Waals surface area contributed by atoms with E-state index in [9.17, 15) is 4.79 Å². The third kappa shape index (κ3) is 3.20. The average molecular weight is 240 g/mol. The summed E-state index contributed by atoms with van der Waals surface area (Å²) in [4.78, 5) is 12.0. The van der Waals surface area contributed by atoms with Crippen LogP contribution in [0.2, 0.25) is 0 Å². The number of rotatable bonds is 5. The van der Waals surface area contributed by atoms with E-state index in [1.54, 1.807) is 0 Å². The Hall–Kier alpha value is -2.09. The van der Waals surface area contributed by atoms with Crippen LogP contribution in [0.15, 0.2) is 54.6 Å². The van der Waals surface area contributed by atoms with Gasteiger partial charge in [0.2, 0.25) is 0 Å². The number of ether oxygens (including phenoxy) is 1. The molecule has 0 heterocycles. The van der Waals surface area contributed by atoms with Crippen LogP contribution in [-0.2, 0) is 6.42 Å². The fraction of sp³-hybridized carbons (Fsp3) is 0.188. The summed E-state index contributed by atoms with van der Waals surface area (Å²) in [6, 6.07) is 17.0. The number of carbonyl (C=O) groups excluding carboxylic acids is 1. The summed E-state index contributed by atoms with van der Waals surface area (Å²) in [5.74, 6) is 0.980. The summed E-state index contributed by atoms with van der Waals surface area (Å²) in [6.07, 6.45) is 0.427. The lowest BCUT2D eigenvalue weighted by molar-refractivity contribution is 0.0993. The standard InChI is InChI=1S/C16H16O2/c1-2-18-15-10-8-13(9-11-15)12-16(17)14-6-4-3-5-7-14/h3-11H,2,12H2,1H3. The lowest BCUT2D eigenvalue weighted by Crippen LogP contribution is -2.03. The zero-order valence-electron chi connectivity index (χ0n) is 10.4. The molecule has 0 spiro atoms. The molecule has 2 aromatic rings. The van der Waals surface area contributed by atoms with E-state index in [2.05, 4.69) is 0 Å². The summed E-state index contributed by atoms with van der Waals surface area (Å²) >= 11 is 0. The number of Topliss-reactive ketones (excluding diaryl/α,β-unsaturated/α-hetero) is 1. The van der Waals surface area contributed by atoms with Crippen molar-refractivity contribution in [3.63, 3.8) is 0 Å². The van der Waals surface area contributed by atoms with Crippen LogP contribution in [0.25, 0.3) is 0 Å². The van der Waals surface area contributed by atoms with Crippen LogP contribution in [0.1, 0.15) is 22.8 Å². The molecule has 0 saturated carbocycles. The average Bonchev–Trinajstić information content (AvgIpc) is 2.42. The molecule has 2 heteroatoms. The Balaban J connectivity index is 2.03. The predicted octanol–water partition coefficient (Wildman–Crippen LogP) is 3.51. The van der Waals surface area contributed by atoms with Gasteiger partial charge in [-0.05, 0) is 24.6 Å². The van der Waals surface area contributed by atoms with Crippen molar-refractivity contribution in [1.29, 1.82) is 0 Å². The fourth-order valence-corrected chi connectivity index (χ4v) is 1.78. The topological polar surface area (TPSA) is 26.3 Å². The summed E-state index contributed by atoms with van der Waals surface area (Å²) in [6.45, 7) is 2.61. The molecule has 0 aliphatic heterocycles. The third-order valence-corrected chi connectivity index (χ3v) is 2.69. The van der Waals surface area contributed by atoms with Gasteiger partial charge in [0.05, 0.1) is 6.61 Å². The predicted molar refractivity (Wildman–Crippen MR) is 72.1 cm³/mol. The zero-order chi connectivity index (χ0) is 12.8. The van der Waals surface area contributed by atoms with E-state index in [0.29, 0.717) is 13.0 Å². The molecule has 0 fully saturated rings. The number of hydrogen-bond donors (Lipinski definition) is 0. The van der Waals surface area contributed by atoms with Crippen molar-refractivity contribution >= 4 is 5.78 Å². The molecule has 2 nitrogen and oxygen atoms in total. The van der Waals surface area contributed by atoms with Gasteiger partial charge in [-0.2, -0.15) is 0 Å². The van der Waals surface area contributed by atoms with Gasteiger partial charge in [-0.1, -0.05) is 42.5 Å². The molecule has 0 N–H and O–H groups in total. The first-order valence-corrected chi connectivity index (χ1v) is 6.09. The highest BCUT2D eigenvalue weighted by atomic mass is 16.5. The molecule has 92 valence electrons. The normalized spacial score (nSPS) is 10.1. The minimum atomic E-state index is 0.139. The van der Waals surface area contributed by atoms with Gasteiger partial charge in [0, 0.05) is 12.0 Å². The Labute approximate surface area is 107 Å². The monoisotopic (exact) mass is 240 g/mol. The van der Waals surface area contributed by atoms with Crippen molar-refractivity contribution in [3.8, 4) is 5.75 Å². The largest absolute Gasteiger partial charge is 0.494 e. The van der Waals surface area contributed by atoms with Crippen LogP contribution in [0, 0.1) is 0 Å². The van der Waals surface area contributed by atoms with E-state index < -0.39 is 0 Å². The van der Waals surface area contributed by atoms with E-state index in [4.69, 9.17) is 4.74 Å². The molecule has 2 aromatic carbocycles. The van der Waals surface area contributed by atoms with E-state index in [1.165, 1.54) is 0 Å². The quantitative estimate of drug-likeness (QED) is 0.747. The van der Waals surface area contributed by atoms with E-state index in [0.717, 1.165) is 16.9 Å². The molecule has 0 amide bonds. The molecule has 18 heavy (non-hydrogen) atoms. The minimum absolute atomic E-state index is 0.139. The molecular formula is C16H16O2. The highest BCUT2D eigenvalue weighted by molar-refractivity contribution is 5.97. The lowest BCUT2D eigenvalue weighted by atomic mass is 10.0. The molecule has 0 aliphatic carbocycles. The molecule has 0 bridgehead atoms. The second-order valence-electron chi connectivity index (χ2n) is 4.04. The van der Waals surface area contributed by atoms with Gasteiger partial charge in [0.15, 0.2) is 5.78 Å². The van der Waals surface area contributed by atoms with E-state index in [1.807, 2.05) is 61.5 Å². The van der Waals surface area contributed by atoms with Crippen molar-refractivity contribution in [1.82, 2.24) is 0 Å². The third-order valence-electron chi connectivity index (χ3n) is 2.69. The second-order valence-corrected chi connectivity index (χ2v) is 4.04. The molecule has 0 aromatic heterocycles. The molecule has 0 saturated heterocycles. The summed E-state index contributed by atoms with van der Waals surface area (Å²) < 4.78 is 5.37. The molecule has 2 rings (SSSR count). The molecule has 0 atom stereocenters. The SMILES string of the molecule is CCOc1ccc(CC(=O)c2ccccc2)cc1. The van der Waals surface area contributed by atoms with Crippen LogP contribution in [0.3, 0.4) is 0 Å². The van der Waals surface area contributed by atoms with Crippen LogP contribution in [0.5, 0.6) is 5.75 Å². The second kappa shape index (κ2) is 6.01. The van der Waals surface area contributed by atoms with Gasteiger partial charge in [-0.3, -0.25) is 4.79 Å². The van der Waals surface area contributed by atoms with Crippen molar-refractivity contribution in [2.45, 2.75) is 13.3 Å². The first-order valence-electron chi connectivity index (χ1n) is 6.09. The Morgan fingerprint density at radius 3 is 2.28 bits per heavy atom. The van der Waals surface area contributed by atoms with Crippen molar-refractivity contribution in [3.05, 3.63) is 65.7 Å². The van der Waals surface area contributed by atoms with Crippen molar-refractivity contribution in [2.75, 3.05) is 6.61 Å². The molecule has 0 unspecified atom stereocenters. The van der Waals surface area contributed by atoms with Gasteiger partial charge in [0.25, 0.3) is 0 Å². The van der Waals surface area contributed by atoms with Gasteiger partial charge < -0.3 is 4.74 Å². The Bertz CT molecular complexity index is 500. The first-order chi connectivity index (χ1) is 8.79. The molecule has 0 aliphatic rings. The van der Waals surface area contributed by atoms with Crippen LogP contribution < -0.4 is 4.74 Å². The Morgan fingerprint density at radius 2 is 1.67 bits per heavy atom. The number of hydrogen-bond acceptors (Lipinski definition) is 2. The van der Waals surface area contributed by atoms with Gasteiger partial charge >= 0.3 is 0 Å². The summed E-state index contributed by atoms with van der Waals surface area (Å²) in [5.41, 5.74) is 1.76. The van der Waals surface area contributed by atoms with E-state index >= 15 is 0 Å². The van der Waals surface area contributed by atoms with Crippen LogP contribution in [-0.4, -0.2) is 12.4 Å². The molecular weight excluding hydrogens is 224 g/mol. The van der Waals surface area contributed by atoms with E-state index in [-0.39, 0.29) is 5.78 Å². The smallest absolute Gasteiger partial charge is 0.167 e. The van der Waals surface area contributed by atoms with Gasteiger partial charge in [-0.15, -0.1) is 0 Å². The van der Waals surface area contributed by atoms with Crippen molar-refractivity contribution < 1.29 is 9.53 Å².